The molecule has 8 nitrogen and oxygen atoms in total. The first-order valence-electron chi connectivity index (χ1n) is 6.41. The number of rotatable bonds is 6. The predicted molar refractivity (Wildman–Crippen MR) is 69.7 cm³/mol. The van der Waals surface area contributed by atoms with Crippen LogP contribution in [0.1, 0.15) is 38.6 Å². The van der Waals surface area contributed by atoms with Gasteiger partial charge in [0.2, 0.25) is 5.89 Å². The zero-order valence-corrected chi connectivity index (χ0v) is 11.9. The van der Waals surface area contributed by atoms with E-state index >= 15 is 0 Å². The smallest absolute Gasteiger partial charge is 0.330 e. The van der Waals surface area contributed by atoms with Gasteiger partial charge in [0, 0.05) is 13.1 Å². The minimum absolute atomic E-state index is 0.0270. The molecular weight excluding hydrogens is 270 g/mol. The van der Waals surface area contributed by atoms with Crippen LogP contribution in [-0.2, 0) is 10.2 Å². The van der Waals surface area contributed by atoms with Crippen LogP contribution in [0.2, 0.25) is 0 Å². The van der Waals surface area contributed by atoms with Gasteiger partial charge in [-0.05, 0) is 19.4 Å². The van der Waals surface area contributed by atoms with E-state index in [0.717, 1.165) is 19.4 Å². The molecule has 2 heterocycles. The van der Waals surface area contributed by atoms with Gasteiger partial charge in [-0.3, -0.25) is 0 Å². The van der Waals surface area contributed by atoms with Crippen LogP contribution in [-0.4, -0.2) is 42.6 Å². The molecule has 1 aliphatic rings. The lowest BCUT2D eigenvalue weighted by Gasteiger charge is -2.17. The molecule has 0 bridgehead atoms. The van der Waals surface area contributed by atoms with Crippen molar-refractivity contribution in [2.75, 3.05) is 24.4 Å². The number of hydrogen-bond acceptors (Lipinski definition) is 6. The first kappa shape index (κ1) is 14.2. The molecule has 0 aliphatic carbocycles. The van der Waals surface area contributed by atoms with Crippen molar-refractivity contribution in [3.63, 3.8) is 0 Å². The lowest BCUT2D eigenvalue weighted by molar-refractivity contribution is 0.432. The topological polar surface area (TPSA) is 100 Å². The van der Waals surface area contributed by atoms with E-state index in [1.165, 1.54) is 4.31 Å². The van der Waals surface area contributed by atoms with Crippen molar-refractivity contribution >= 4 is 16.2 Å². The third-order valence-electron chi connectivity index (χ3n) is 3.06. The minimum Gasteiger partial charge on any atom is -0.406 e. The van der Waals surface area contributed by atoms with Crippen LogP contribution in [0.4, 0.5) is 6.01 Å². The second-order valence-electron chi connectivity index (χ2n) is 4.29. The quantitative estimate of drug-likeness (QED) is 0.790. The lowest BCUT2D eigenvalue weighted by atomic mass is 10.2. The first-order valence-corrected chi connectivity index (χ1v) is 7.85. The summed E-state index contributed by atoms with van der Waals surface area (Å²) in [5, 5.41) is 10.8. The first-order chi connectivity index (χ1) is 9.06. The molecule has 1 aliphatic heterocycles. The Morgan fingerprint density at radius 3 is 2.74 bits per heavy atom. The Balaban J connectivity index is 2.07. The number of hydrogen-bond donors (Lipinski definition) is 2. The highest BCUT2D eigenvalue weighted by Gasteiger charge is 2.25. The van der Waals surface area contributed by atoms with E-state index in [1.54, 1.807) is 13.8 Å². The number of aromatic nitrogens is 2. The Kier molecular flexibility index (Phi) is 4.38. The summed E-state index contributed by atoms with van der Waals surface area (Å²) < 4.78 is 32.8. The zero-order chi connectivity index (χ0) is 13.9. The van der Waals surface area contributed by atoms with Gasteiger partial charge in [-0.2, -0.15) is 12.7 Å². The standard InChI is InChI=1S/C10H19N5O3S/c1-3-15(4-2)19(16,17)14-10-13-12-9(18-10)8-6-5-7-11-8/h8,11H,3-7H2,1-2H3,(H,13,14). The number of nitrogens with one attached hydrogen (secondary N) is 2. The van der Waals surface area contributed by atoms with Crippen molar-refractivity contribution < 1.29 is 12.8 Å². The van der Waals surface area contributed by atoms with Crippen LogP contribution < -0.4 is 10.0 Å². The Hall–Kier alpha value is -1.19. The summed E-state index contributed by atoms with van der Waals surface area (Å²) >= 11 is 0. The van der Waals surface area contributed by atoms with E-state index in [4.69, 9.17) is 4.42 Å². The van der Waals surface area contributed by atoms with Crippen LogP contribution in [0.15, 0.2) is 4.42 Å². The maximum absolute atomic E-state index is 12.0. The molecule has 19 heavy (non-hydrogen) atoms. The normalized spacial score (nSPS) is 20.1. The molecule has 1 atom stereocenters. The molecular formula is C10H19N5O3S. The zero-order valence-electron chi connectivity index (χ0n) is 11.1. The van der Waals surface area contributed by atoms with E-state index in [9.17, 15) is 8.42 Å². The third kappa shape index (κ3) is 3.23. The fourth-order valence-corrected chi connectivity index (χ4v) is 3.16. The summed E-state index contributed by atoms with van der Waals surface area (Å²) in [6, 6.07) is -0.0604. The fourth-order valence-electron chi connectivity index (χ4n) is 2.05. The van der Waals surface area contributed by atoms with Gasteiger partial charge in [0.15, 0.2) is 0 Å². The third-order valence-corrected chi connectivity index (χ3v) is 4.69. The highest BCUT2D eigenvalue weighted by molar-refractivity contribution is 7.90. The van der Waals surface area contributed by atoms with Crippen LogP contribution >= 0.6 is 0 Å². The van der Waals surface area contributed by atoms with Gasteiger partial charge < -0.3 is 9.73 Å². The minimum atomic E-state index is -3.62. The second kappa shape index (κ2) is 5.85. The number of anilines is 1. The molecule has 1 fully saturated rings. The van der Waals surface area contributed by atoms with Crippen LogP contribution in [0, 0.1) is 0 Å². The van der Waals surface area contributed by atoms with Crippen molar-refractivity contribution in [3.8, 4) is 0 Å². The molecule has 108 valence electrons. The molecule has 0 amide bonds. The van der Waals surface area contributed by atoms with Crippen LogP contribution in [0.3, 0.4) is 0 Å². The van der Waals surface area contributed by atoms with E-state index in [-0.39, 0.29) is 12.1 Å². The molecule has 0 spiro atoms. The van der Waals surface area contributed by atoms with E-state index in [1.807, 2.05) is 0 Å². The molecule has 1 unspecified atom stereocenters. The largest absolute Gasteiger partial charge is 0.406 e. The van der Waals surface area contributed by atoms with Gasteiger partial charge in [-0.25, -0.2) is 4.72 Å². The highest BCUT2D eigenvalue weighted by Crippen LogP contribution is 2.23. The molecule has 2 N–H and O–H groups in total. The monoisotopic (exact) mass is 289 g/mol. The molecule has 1 aromatic heterocycles. The second-order valence-corrected chi connectivity index (χ2v) is 5.96. The van der Waals surface area contributed by atoms with Gasteiger partial charge >= 0.3 is 16.2 Å². The van der Waals surface area contributed by atoms with Gasteiger partial charge in [0.1, 0.15) is 0 Å². The SMILES string of the molecule is CCN(CC)S(=O)(=O)Nc1nnc(C2CCCN2)o1. The summed E-state index contributed by atoms with van der Waals surface area (Å²) in [4.78, 5) is 0. The summed E-state index contributed by atoms with van der Waals surface area (Å²) in [5.74, 6) is 0.426. The van der Waals surface area contributed by atoms with Crippen molar-refractivity contribution in [1.29, 1.82) is 0 Å². The Morgan fingerprint density at radius 1 is 1.42 bits per heavy atom. The molecule has 0 aromatic carbocycles. The van der Waals surface area contributed by atoms with Gasteiger partial charge in [0.25, 0.3) is 0 Å². The fraction of sp³-hybridized carbons (Fsp3) is 0.800. The summed E-state index contributed by atoms with van der Waals surface area (Å²) in [7, 11) is -3.62. The average molecular weight is 289 g/mol. The lowest BCUT2D eigenvalue weighted by Crippen LogP contribution is -2.35. The van der Waals surface area contributed by atoms with E-state index in [0.29, 0.717) is 19.0 Å². The molecule has 1 saturated heterocycles. The Morgan fingerprint density at radius 2 is 2.16 bits per heavy atom. The average Bonchev–Trinajstić information content (AvgIpc) is 2.99. The van der Waals surface area contributed by atoms with E-state index < -0.39 is 10.2 Å². The van der Waals surface area contributed by atoms with Gasteiger partial charge in [0.05, 0.1) is 6.04 Å². The van der Waals surface area contributed by atoms with E-state index in [2.05, 4.69) is 20.2 Å². The maximum atomic E-state index is 12.0. The molecule has 0 radical (unpaired) electrons. The van der Waals surface area contributed by atoms with Gasteiger partial charge in [-0.15, -0.1) is 5.10 Å². The summed E-state index contributed by atoms with van der Waals surface area (Å²) in [5.41, 5.74) is 0. The van der Waals surface area contributed by atoms with Crippen molar-refractivity contribution in [2.45, 2.75) is 32.7 Å². The van der Waals surface area contributed by atoms with Crippen molar-refractivity contribution in [1.82, 2.24) is 19.8 Å². The van der Waals surface area contributed by atoms with Gasteiger partial charge in [-0.1, -0.05) is 18.9 Å². The van der Waals surface area contributed by atoms with Crippen molar-refractivity contribution in [3.05, 3.63) is 5.89 Å². The molecule has 0 saturated carbocycles. The summed E-state index contributed by atoms with van der Waals surface area (Å²) in [6.45, 7) is 5.22. The Labute approximate surface area is 112 Å². The molecule has 1 aromatic rings. The van der Waals surface area contributed by atoms with Crippen LogP contribution in [0.25, 0.3) is 0 Å². The Bertz CT molecular complexity index is 505. The molecule has 2 rings (SSSR count). The number of nitrogens with zero attached hydrogens (tertiary/aromatic N) is 3. The van der Waals surface area contributed by atoms with Crippen LogP contribution in [0.5, 0.6) is 0 Å². The maximum Gasteiger partial charge on any atom is 0.330 e. The summed E-state index contributed by atoms with van der Waals surface area (Å²) in [6.07, 6.45) is 1.97. The predicted octanol–water partition coefficient (Wildman–Crippen LogP) is 0.493. The highest BCUT2D eigenvalue weighted by atomic mass is 32.2. The van der Waals surface area contributed by atoms with Crippen molar-refractivity contribution in [2.24, 2.45) is 0 Å². The molecule has 9 heteroatoms.